The normalized spacial score (nSPS) is 19.1. The molecule has 0 bridgehead atoms. The molecule has 1 aliphatic heterocycles. The summed E-state index contributed by atoms with van der Waals surface area (Å²) in [6.45, 7) is 10.2. The van der Waals surface area contributed by atoms with E-state index in [-0.39, 0.29) is 12.2 Å². The molecule has 0 spiro atoms. The molecule has 0 aromatic rings. The highest BCUT2D eigenvalue weighted by Gasteiger charge is 2.23. The lowest BCUT2D eigenvalue weighted by Gasteiger charge is -2.35. The van der Waals surface area contributed by atoms with E-state index in [4.69, 9.17) is 4.74 Å². The van der Waals surface area contributed by atoms with Gasteiger partial charge in [0.05, 0.1) is 12.7 Å². The summed E-state index contributed by atoms with van der Waals surface area (Å²) in [6.07, 6.45) is 0.306. The summed E-state index contributed by atoms with van der Waals surface area (Å²) in [5, 5.41) is 9.58. The third-order valence-corrected chi connectivity index (χ3v) is 3.11. The van der Waals surface area contributed by atoms with Gasteiger partial charge in [-0.2, -0.15) is 0 Å². The molecule has 1 rings (SSSR count). The van der Waals surface area contributed by atoms with Gasteiger partial charge in [-0.1, -0.05) is 20.8 Å². The van der Waals surface area contributed by atoms with E-state index in [0.29, 0.717) is 32.2 Å². The Bertz CT molecular complexity index is 251. The molecular weight excluding hydrogens is 232 g/mol. The minimum absolute atomic E-state index is 0.209. The van der Waals surface area contributed by atoms with Crippen LogP contribution in [0.15, 0.2) is 0 Å². The Kier molecular flexibility index (Phi) is 6.43. The highest BCUT2D eigenvalue weighted by atomic mass is 16.6. The molecule has 1 aliphatic rings. The average Bonchev–Trinajstić information content (AvgIpc) is 2.36. The molecule has 1 N–H and O–H groups in total. The SMILES string of the molecule is CCC(O)CN1CCN(C(=O)OCC(C)C)CC1. The van der Waals surface area contributed by atoms with Crippen molar-refractivity contribution >= 4 is 6.09 Å². The molecule has 5 heteroatoms. The van der Waals surface area contributed by atoms with Crippen LogP contribution >= 0.6 is 0 Å². The topological polar surface area (TPSA) is 53.0 Å². The van der Waals surface area contributed by atoms with Crippen molar-refractivity contribution in [3.05, 3.63) is 0 Å². The van der Waals surface area contributed by atoms with Gasteiger partial charge in [-0.05, 0) is 12.3 Å². The molecule has 0 radical (unpaired) electrons. The molecule has 1 saturated heterocycles. The number of ether oxygens (including phenoxy) is 1. The van der Waals surface area contributed by atoms with Crippen LogP contribution in [0.5, 0.6) is 0 Å². The van der Waals surface area contributed by atoms with Crippen LogP contribution in [-0.4, -0.2) is 66.4 Å². The number of aliphatic hydroxyl groups excluding tert-OH is 1. The molecule has 0 saturated carbocycles. The number of piperazine rings is 1. The van der Waals surface area contributed by atoms with Crippen molar-refractivity contribution in [1.82, 2.24) is 9.80 Å². The molecule has 1 amide bonds. The first kappa shape index (κ1) is 15.2. The highest BCUT2D eigenvalue weighted by molar-refractivity contribution is 5.67. The number of carbonyl (C=O) groups is 1. The maximum absolute atomic E-state index is 11.7. The molecule has 1 fully saturated rings. The minimum atomic E-state index is -0.260. The van der Waals surface area contributed by atoms with Crippen molar-refractivity contribution in [2.75, 3.05) is 39.3 Å². The standard InChI is InChI=1S/C13H26N2O3/c1-4-12(16)9-14-5-7-15(8-6-14)13(17)18-10-11(2)3/h11-12,16H,4-10H2,1-3H3. The minimum Gasteiger partial charge on any atom is -0.449 e. The van der Waals surface area contributed by atoms with E-state index in [2.05, 4.69) is 4.90 Å². The first-order valence-electron chi connectivity index (χ1n) is 6.85. The van der Waals surface area contributed by atoms with Gasteiger partial charge in [0.25, 0.3) is 0 Å². The van der Waals surface area contributed by atoms with Crippen LogP contribution in [0.25, 0.3) is 0 Å². The number of β-amino-alcohol motifs (C(OH)–C–C–N with tert-alkyl or cyclic N) is 1. The van der Waals surface area contributed by atoms with Gasteiger partial charge < -0.3 is 14.7 Å². The van der Waals surface area contributed by atoms with Gasteiger partial charge in [0.1, 0.15) is 0 Å². The van der Waals surface area contributed by atoms with Crippen LogP contribution in [0.1, 0.15) is 27.2 Å². The predicted molar refractivity (Wildman–Crippen MR) is 70.5 cm³/mol. The van der Waals surface area contributed by atoms with Crippen molar-refractivity contribution in [2.24, 2.45) is 5.92 Å². The van der Waals surface area contributed by atoms with E-state index in [1.807, 2.05) is 20.8 Å². The molecule has 0 aliphatic carbocycles. The van der Waals surface area contributed by atoms with Gasteiger partial charge in [0.15, 0.2) is 0 Å². The van der Waals surface area contributed by atoms with Gasteiger partial charge >= 0.3 is 6.09 Å². The van der Waals surface area contributed by atoms with E-state index in [9.17, 15) is 9.90 Å². The van der Waals surface area contributed by atoms with E-state index < -0.39 is 0 Å². The molecule has 0 aromatic carbocycles. The number of hydrogen-bond acceptors (Lipinski definition) is 4. The summed E-state index contributed by atoms with van der Waals surface area (Å²) < 4.78 is 5.20. The van der Waals surface area contributed by atoms with Crippen molar-refractivity contribution < 1.29 is 14.6 Å². The van der Waals surface area contributed by atoms with Gasteiger partial charge in [-0.25, -0.2) is 4.79 Å². The quantitative estimate of drug-likeness (QED) is 0.804. The third-order valence-electron chi connectivity index (χ3n) is 3.11. The van der Waals surface area contributed by atoms with Crippen LogP contribution in [0, 0.1) is 5.92 Å². The van der Waals surface area contributed by atoms with E-state index >= 15 is 0 Å². The molecule has 18 heavy (non-hydrogen) atoms. The van der Waals surface area contributed by atoms with Crippen molar-refractivity contribution in [2.45, 2.75) is 33.3 Å². The van der Waals surface area contributed by atoms with Gasteiger partial charge in [0.2, 0.25) is 0 Å². The van der Waals surface area contributed by atoms with Gasteiger partial charge in [0, 0.05) is 32.7 Å². The summed E-state index contributed by atoms with van der Waals surface area (Å²) in [7, 11) is 0. The Balaban J connectivity index is 2.24. The number of amides is 1. The summed E-state index contributed by atoms with van der Waals surface area (Å²) in [4.78, 5) is 15.7. The Morgan fingerprint density at radius 1 is 1.28 bits per heavy atom. The van der Waals surface area contributed by atoms with E-state index in [0.717, 1.165) is 19.5 Å². The van der Waals surface area contributed by atoms with Crippen LogP contribution < -0.4 is 0 Å². The third kappa shape index (κ3) is 5.23. The van der Waals surface area contributed by atoms with Crippen molar-refractivity contribution in [1.29, 1.82) is 0 Å². The zero-order valence-corrected chi connectivity index (χ0v) is 11.8. The number of nitrogens with zero attached hydrogens (tertiary/aromatic N) is 2. The number of rotatable bonds is 5. The lowest BCUT2D eigenvalue weighted by molar-refractivity contribution is 0.0514. The monoisotopic (exact) mass is 258 g/mol. The molecule has 0 aromatic heterocycles. The highest BCUT2D eigenvalue weighted by Crippen LogP contribution is 2.06. The zero-order chi connectivity index (χ0) is 13.5. The first-order valence-corrected chi connectivity index (χ1v) is 6.85. The molecular formula is C13H26N2O3. The molecule has 1 unspecified atom stereocenters. The summed E-state index contributed by atoms with van der Waals surface area (Å²) in [5.41, 5.74) is 0. The Morgan fingerprint density at radius 2 is 1.89 bits per heavy atom. The van der Waals surface area contributed by atoms with E-state index in [1.165, 1.54) is 0 Å². The second-order valence-electron chi connectivity index (χ2n) is 5.32. The Morgan fingerprint density at radius 3 is 2.39 bits per heavy atom. The summed E-state index contributed by atoms with van der Waals surface area (Å²) in [6, 6.07) is 0. The fourth-order valence-corrected chi connectivity index (χ4v) is 1.87. The smallest absolute Gasteiger partial charge is 0.409 e. The summed E-state index contributed by atoms with van der Waals surface area (Å²) in [5.74, 6) is 0.370. The fourth-order valence-electron chi connectivity index (χ4n) is 1.87. The molecule has 106 valence electrons. The molecule has 5 nitrogen and oxygen atoms in total. The maximum atomic E-state index is 11.7. The summed E-state index contributed by atoms with van der Waals surface area (Å²) >= 11 is 0. The van der Waals surface area contributed by atoms with E-state index in [1.54, 1.807) is 4.90 Å². The Labute approximate surface area is 110 Å². The van der Waals surface area contributed by atoms with Gasteiger partial charge in [-0.15, -0.1) is 0 Å². The predicted octanol–water partition coefficient (Wildman–Crippen LogP) is 1.17. The van der Waals surface area contributed by atoms with Crippen LogP contribution in [-0.2, 0) is 4.74 Å². The molecule has 1 atom stereocenters. The average molecular weight is 258 g/mol. The lowest BCUT2D eigenvalue weighted by atomic mass is 10.2. The van der Waals surface area contributed by atoms with Crippen LogP contribution in [0.4, 0.5) is 4.79 Å². The first-order chi connectivity index (χ1) is 8.52. The zero-order valence-electron chi connectivity index (χ0n) is 11.8. The largest absolute Gasteiger partial charge is 0.449 e. The fraction of sp³-hybridized carbons (Fsp3) is 0.923. The Hall–Kier alpha value is -0.810. The van der Waals surface area contributed by atoms with Crippen molar-refractivity contribution in [3.8, 4) is 0 Å². The van der Waals surface area contributed by atoms with Gasteiger partial charge in [-0.3, -0.25) is 4.90 Å². The maximum Gasteiger partial charge on any atom is 0.409 e. The molecule has 1 heterocycles. The number of hydrogen-bond donors (Lipinski definition) is 1. The second-order valence-corrected chi connectivity index (χ2v) is 5.32. The van der Waals surface area contributed by atoms with Crippen LogP contribution in [0.3, 0.4) is 0 Å². The lowest BCUT2D eigenvalue weighted by Crippen LogP contribution is -2.50. The number of aliphatic hydroxyl groups is 1. The van der Waals surface area contributed by atoms with Crippen LogP contribution in [0.2, 0.25) is 0 Å². The van der Waals surface area contributed by atoms with Crippen molar-refractivity contribution in [3.63, 3.8) is 0 Å². The second kappa shape index (κ2) is 7.59. The number of carbonyl (C=O) groups excluding carboxylic acids is 1.